The molecule has 3 atom stereocenters. The number of carbonyl (C=O) groups is 3. The number of fused-ring (bicyclic) bond motifs is 1. The van der Waals surface area contributed by atoms with E-state index in [0.717, 1.165) is 18.2 Å². The first kappa shape index (κ1) is 38.0. The number of alkyl carbamates (subject to hydrolysis) is 1. The summed E-state index contributed by atoms with van der Waals surface area (Å²) >= 11 is 0. The molecule has 1 aliphatic heterocycles. The summed E-state index contributed by atoms with van der Waals surface area (Å²) in [6.45, 7) is 10.6. The van der Waals surface area contributed by atoms with Gasteiger partial charge in [-0.3, -0.25) is 4.90 Å². The smallest absolute Gasteiger partial charge is 0.410 e. The summed E-state index contributed by atoms with van der Waals surface area (Å²) in [4.78, 5) is 44.4. The van der Waals surface area contributed by atoms with Crippen molar-refractivity contribution in [1.82, 2.24) is 15.2 Å². The van der Waals surface area contributed by atoms with Crippen molar-refractivity contribution < 1.29 is 47.2 Å². The van der Waals surface area contributed by atoms with Crippen LogP contribution in [-0.4, -0.2) is 82.8 Å². The summed E-state index contributed by atoms with van der Waals surface area (Å²) in [6, 6.07) is 8.43. The molecule has 1 aromatic heterocycles. The second-order valence-electron chi connectivity index (χ2n) is 14.1. The van der Waals surface area contributed by atoms with Gasteiger partial charge in [0.1, 0.15) is 22.8 Å². The van der Waals surface area contributed by atoms with Crippen LogP contribution in [0.1, 0.15) is 75.9 Å². The van der Waals surface area contributed by atoms with Gasteiger partial charge in [0.05, 0.1) is 43.0 Å². The maximum absolute atomic E-state index is 14.2. The van der Waals surface area contributed by atoms with Crippen molar-refractivity contribution in [2.24, 2.45) is 0 Å². The van der Waals surface area contributed by atoms with Gasteiger partial charge in [-0.25, -0.2) is 28.1 Å². The Morgan fingerprint density at radius 2 is 1.76 bits per heavy atom. The van der Waals surface area contributed by atoms with Gasteiger partial charge in [-0.15, -0.1) is 0 Å². The molecule has 0 unspecified atom stereocenters. The zero-order chi connectivity index (χ0) is 36.8. The molecule has 11 nitrogen and oxygen atoms in total. The Labute approximate surface area is 290 Å². The zero-order valence-electron chi connectivity index (χ0n) is 29.4. The summed E-state index contributed by atoms with van der Waals surface area (Å²) in [6.07, 6.45) is 2.27. The van der Waals surface area contributed by atoms with Gasteiger partial charge in [0.15, 0.2) is 0 Å². The number of carbonyl (C=O) groups excluding carboxylic acids is 2. The number of amides is 2. The molecule has 2 N–H and O–H groups in total. The molecular weight excluding hydrogens is 652 g/mol. The van der Waals surface area contributed by atoms with E-state index in [1.807, 2.05) is 0 Å². The van der Waals surface area contributed by atoms with Crippen molar-refractivity contribution in [3.05, 3.63) is 76.9 Å². The lowest BCUT2D eigenvalue weighted by molar-refractivity contribution is -0.0560. The third-order valence-electron chi connectivity index (χ3n) is 7.86. The van der Waals surface area contributed by atoms with E-state index in [0.29, 0.717) is 35.2 Å². The lowest BCUT2D eigenvalue weighted by Crippen LogP contribution is -2.53. The van der Waals surface area contributed by atoms with Crippen molar-refractivity contribution in [3.63, 3.8) is 0 Å². The third kappa shape index (κ3) is 10.4. The van der Waals surface area contributed by atoms with E-state index in [2.05, 4.69) is 10.3 Å². The number of hydrogen-bond donors (Lipinski definition) is 2. The van der Waals surface area contributed by atoms with Crippen LogP contribution in [0, 0.1) is 11.6 Å². The van der Waals surface area contributed by atoms with E-state index in [1.165, 1.54) is 24.2 Å². The molecule has 0 saturated carbocycles. The number of methoxy groups -OCH3 is 1. The lowest BCUT2D eigenvalue weighted by Gasteiger charge is -2.39. The molecule has 270 valence electrons. The number of benzene rings is 2. The highest BCUT2D eigenvalue weighted by Gasteiger charge is 2.36. The fourth-order valence-corrected chi connectivity index (χ4v) is 5.64. The van der Waals surface area contributed by atoms with Gasteiger partial charge in [0, 0.05) is 23.6 Å². The first-order valence-corrected chi connectivity index (χ1v) is 16.4. The molecule has 0 aliphatic carbocycles. The summed E-state index contributed by atoms with van der Waals surface area (Å²) in [5, 5.41) is 13.1. The molecule has 2 heterocycles. The normalized spacial score (nSPS) is 17.3. The van der Waals surface area contributed by atoms with Gasteiger partial charge in [0.25, 0.3) is 0 Å². The Hall–Kier alpha value is -4.78. The summed E-state index contributed by atoms with van der Waals surface area (Å²) in [5.74, 6) is -2.00. The number of nitrogens with zero attached hydrogens (tertiary/aromatic N) is 2. The van der Waals surface area contributed by atoms with E-state index in [4.69, 9.17) is 18.9 Å². The Morgan fingerprint density at radius 3 is 2.38 bits per heavy atom. The Balaban J connectivity index is 1.59. The Bertz CT molecular complexity index is 1730. The molecule has 3 aromatic rings. The topological polar surface area (TPSA) is 137 Å². The number of aromatic nitrogens is 1. The van der Waals surface area contributed by atoms with Gasteiger partial charge in [-0.05, 0) is 96.7 Å². The van der Waals surface area contributed by atoms with Crippen LogP contribution in [0.3, 0.4) is 0 Å². The van der Waals surface area contributed by atoms with Crippen molar-refractivity contribution in [1.29, 1.82) is 0 Å². The highest BCUT2D eigenvalue weighted by atomic mass is 19.1. The lowest BCUT2D eigenvalue weighted by atomic mass is 9.92. The van der Waals surface area contributed by atoms with Gasteiger partial charge in [-0.1, -0.05) is 18.2 Å². The minimum atomic E-state index is -1.11. The molecule has 50 heavy (non-hydrogen) atoms. The van der Waals surface area contributed by atoms with Crippen LogP contribution in [0.5, 0.6) is 5.88 Å². The maximum atomic E-state index is 14.2. The predicted molar refractivity (Wildman–Crippen MR) is 183 cm³/mol. The fourth-order valence-electron chi connectivity index (χ4n) is 5.64. The van der Waals surface area contributed by atoms with Crippen molar-refractivity contribution in [2.45, 2.75) is 90.2 Å². The van der Waals surface area contributed by atoms with E-state index in [-0.39, 0.29) is 30.7 Å². The summed E-state index contributed by atoms with van der Waals surface area (Å²) in [7, 11) is 1.46. The van der Waals surface area contributed by atoms with Gasteiger partial charge in [-0.2, -0.15) is 0 Å². The molecule has 0 spiro atoms. The molecule has 1 fully saturated rings. The largest absolute Gasteiger partial charge is 0.481 e. The number of hydrogen-bond acceptors (Lipinski definition) is 8. The SMILES string of the molecule is COc1ccc2c(C(=O)O)ccc(C[C@H](NC(=O)OC(C)(C)C)[C@@H]3CC[C@@H](N(CC=Cc4cc(F)ccc4F)C(=O)OC(C)(C)C)CO3)c2n1. The van der Waals surface area contributed by atoms with Crippen LogP contribution in [-0.2, 0) is 20.6 Å². The minimum absolute atomic E-state index is 0.0402. The highest BCUT2D eigenvalue weighted by Crippen LogP contribution is 2.29. The van der Waals surface area contributed by atoms with Gasteiger partial charge >= 0.3 is 18.2 Å². The third-order valence-corrected chi connectivity index (χ3v) is 7.86. The van der Waals surface area contributed by atoms with E-state index >= 15 is 0 Å². The average Bonchev–Trinajstić information content (AvgIpc) is 3.02. The molecular formula is C37H45F2N3O8. The summed E-state index contributed by atoms with van der Waals surface area (Å²) < 4.78 is 50.9. The Morgan fingerprint density at radius 1 is 1.04 bits per heavy atom. The standard InChI is InChI=1S/C37H45F2N3O8/c1-36(2,3)49-34(45)40-29(20-23-10-13-27(33(43)44)26-14-17-31(47-7)41-32(23)26)30-16-12-25(21-48-30)42(35(46)50-37(4,5)6)18-8-9-22-19-24(38)11-15-28(22)39/h8-11,13-15,17,19,25,29-30H,12,16,18,20-21H2,1-7H3,(H,40,45)(H,43,44)/t25-,29+,30+/m1/s1. The predicted octanol–water partition coefficient (Wildman–Crippen LogP) is 7.15. The van der Waals surface area contributed by atoms with Crippen LogP contribution in [0.2, 0.25) is 0 Å². The van der Waals surface area contributed by atoms with Crippen molar-refractivity contribution in [2.75, 3.05) is 20.3 Å². The number of carboxylic acid groups (broad SMARTS) is 1. The van der Waals surface area contributed by atoms with Gasteiger partial charge < -0.3 is 29.4 Å². The van der Waals surface area contributed by atoms with Crippen LogP contribution >= 0.6 is 0 Å². The number of aromatic carboxylic acids is 1. The van der Waals surface area contributed by atoms with Crippen LogP contribution in [0.25, 0.3) is 17.0 Å². The zero-order valence-corrected chi connectivity index (χ0v) is 29.4. The van der Waals surface area contributed by atoms with Crippen molar-refractivity contribution in [3.8, 4) is 5.88 Å². The molecule has 2 aromatic carbocycles. The van der Waals surface area contributed by atoms with E-state index in [9.17, 15) is 28.3 Å². The summed E-state index contributed by atoms with van der Waals surface area (Å²) in [5.41, 5.74) is -0.380. The molecule has 13 heteroatoms. The van der Waals surface area contributed by atoms with Crippen LogP contribution < -0.4 is 10.1 Å². The number of carboxylic acids is 1. The number of ether oxygens (including phenoxy) is 4. The number of pyridine rings is 1. The fraction of sp³-hybridized carbons (Fsp3) is 0.459. The second-order valence-corrected chi connectivity index (χ2v) is 14.1. The maximum Gasteiger partial charge on any atom is 0.410 e. The number of rotatable bonds is 10. The Kier molecular flexibility index (Phi) is 12.0. The molecule has 1 aliphatic rings. The first-order valence-electron chi connectivity index (χ1n) is 16.4. The molecule has 1 saturated heterocycles. The molecule has 0 radical (unpaired) electrons. The quantitative estimate of drug-likeness (QED) is 0.226. The number of halogens is 2. The molecule has 0 bridgehead atoms. The average molecular weight is 698 g/mol. The van der Waals surface area contributed by atoms with Crippen LogP contribution in [0.4, 0.5) is 18.4 Å². The van der Waals surface area contributed by atoms with E-state index < -0.39 is 59.2 Å². The monoisotopic (exact) mass is 697 g/mol. The number of nitrogens with one attached hydrogen (secondary N) is 1. The van der Waals surface area contributed by atoms with Crippen LogP contribution in [0.15, 0.2) is 48.5 Å². The van der Waals surface area contributed by atoms with E-state index in [1.54, 1.807) is 65.8 Å². The van der Waals surface area contributed by atoms with Gasteiger partial charge in [0.2, 0.25) is 5.88 Å². The highest BCUT2D eigenvalue weighted by molar-refractivity contribution is 6.03. The second kappa shape index (κ2) is 15.8. The molecule has 2 amide bonds. The minimum Gasteiger partial charge on any atom is -0.481 e. The first-order chi connectivity index (χ1) is 23.4. The van der Waals surface area contributed by atoms with Crippen molar-refractivity contribution >= 4 is 35.1 Å². The molecule has 4 rings (SSSR count).